The Morgan fingerprint density at radius 1 is 1.19 bits per heavy atom. The minimum atomic E-state index is -0.0124. The molecule has 31 heavy (non-hydrogen) atoms. The van der Waals surface area contributed by atoms with Crippen LogP contribution in [0.2, 0.25) is 0 Å². The molecule has 5 atom stereocenters. The van der Waals surface area contributed by atoms with Gasteiger partial charge in [0.15, 0.2) is 0 Å². The van der Waals surface area contributed by atoms with Crippen LogP contribution < -0.4 is 4.74 Å². The normalized spacial score (nSPS) is 35.0. The molecule has 0 spiro atoms. The van der Waals surface area contributed by atoms with Crippen molar-refractivity contribution in [1.82, 2.24) is 4.90 Å². The lowest BCUT2D eigenvalue weighted by atomic mass is 9.55. The molecule has 0 N–H and O–H groups in total. The summed E-state index contributed by atoms with van der Waals surface area (Å²) in [6.45, 7) is 6.59. The zero-order chi connectivity index (χ0) is 21.4. The van der Waals surface area contributed by atoms with Gasteiger partial charge in [-0.3, -0.25) is 9.69 Å². The lowest BCUT2D eigenvalue weighted by molar-refractivity contribution is -0.158. The van der Waals surface area contributed by atoms with Crippen LogP contribution in [0.25, 0.3) is 0 Å². The van der Waals surface area contributed by atoms with E-state index in [4.69, 9.17) is 14.2 Å². The van der Waals surface area contributed by atoms with Crippen LogP contribution in [-0.4, -0.2) is 56.9 Å². The van der Waals surface area contributed by atoms with Crippen LogP contribution in [0.1, 0.15) is 62.5 Å². The van der Waals surface area contributed by atoms with Crippen LogP contribution in [-0.2, 0) is 20.7 Å². The second-order valence-electron chi connectivity index (χ2n) is 10.3. The van der Waals surface area contributed by atoms with Crippen molar-refractivity contribution in [3.05, 3.63) is 29.3 Å². The van der Waals surface area contributed by atoms with Crippen LogP contribution in [0, 0.1) is 17.3 Å². The summed E-state index contributed by atoms with van der Waals surface area (Å²) in [5, 5.41) is 0. The Balaban J connectivity index is 1.23. The van der Waals surface area contributed by atoms with Crippen LogP contribution >= 0.6 is 0 Å². The lowest BCUT2D eigenvalue weighted by Crippen LogP contribution is -2.45. The van der Waals surface area contributed by atoms with Gasteiger partial charge in [0.25, 0.3) is 0 Å². The Morgan fingerprint density at radius 3 is 2.84 bits per heavy atom. The van der Waals surface area contributed by atoms with Gasteiger partial charge in [-0.05, 0) is 79.5 Å². The fourth-order valence-corrected chi connectivity index (χ4v) is 7.12. The summed E-state index contributed by atoms with van der Waals surface area (Å²) in [6.07, 6.45) is 7.58. The first-order valence-corrected chi connectivity index (χ1v) is 12.2. The molecule has 3 fully saturated rings. The van der Waals surface area contributed by atoms with Crippen molar-refractivity contribution in [2.24, 2.45) is 17.3 Å². The Hall–Kier alpha value is -1.59. The molecule has 0 amide bonds. The number of rotatable bonds is 5. The van der Waals surface area contributed by atoms with Crippen LogP contribution in [0.4, 0.5) is 0 Å². The third kappa shape index (κ3) is 4.00. The molecule has 1 saturated heterocycles. The van der Waals surface area contributed by atoms with E-state index in [1.54, 1.807) is 12.7 Å². The molecular formula is C26H37NO4. The summed E-state index contributed by atoms with van der Waals surface area (Å²) < 4.78 is 17.0. The highest BCUT2D eigenvalue weighted by Gasteiger charge is 2.56. The topological polar surface area (TPSA) is 48.0 Å². The highest BCUT2D eigenvalue weighted by atomic mass is 16.5. The molecule has 170 valence electrons. The van der Waals surface area contributed by atoms with Crippen molar-refractivity contribution in [2.45, 2.75) is 63.9 Å². The second-order valence-corrected chi connectivity index (χ2v) is 10.3. The molecule has 4 aliphatic rings. The second kappa shape index (κ2) is 8.74. The van der Waals surface area contributed by atoms with Crippen molar-refractivity contribution >= 4 is 5.97 Å². The SMILES string of the molecule is COc1ccc2c(c1)CC[C@H]1[C@@H]2CC[C@@]2(C)[C@H](OC(=O)CCN3CCOCC3)CC[C@@H]12. The summed E-state index contributed by atoms with van der Waals surface area (Å²) in [7, 11) is 1.75. The van der Waals surface area contributed by atoms with Crippen LogP contribution in [0.5, 0.6) is 5.75 Å². The quantitative estimate of drug-likeness (QED) is 0.660. The molecule has 3 aliphatic carbocycles. The standard InChI is InChI=1S/C26H37NO4/c1-26-11-9-21-20-6-4-19(29-2)17-18(20)3-5-22(21)23(26)7-8-24(26)31-25(28)10-12-27-13-15-30-16-14-27/h4,6,17,21-24H,3,5,7-16H2,1-2H3/t21-,22+,23+,24-,26-/m1/s1. The largest absolute Gasteiger partial charge is 0.497 e. The minimum Gasteiger partial charge on any atom is -0.497 e. The highest BCUT2D eigenvalue weighted by molar-refractivity contribution is 5.70. The number of hydrogen-bond donors (Lipinski definition) is 0. The van der Waals surface area contributed by atoms with E-state index in [1.165, 1.54) is 24.8 Å². The van der Waals surface area contributed by atoms with Crippen molar-refractivity contribution in [3.8, 4) is 5.75 Å². The van der Waals surface area contributed by atoms with E-state index < -0.39 is 0 Å². The van der Waals surface area contributed by atoms with Crippen LogP contribution in [0.3, 0.4) is 0 Å². The molecular weight excluding hydrogens is 390 g/mol. The van der Waals surface area contributed by atoms with Gasteiger partial charge in [-0.15, -0.1) is 0 Å². The average molecular weight is 428 g/mol. The van der Waals surface area contributed by atoms with Gasteiger partial charge in [0.05, 0.1) is 26.7 Å². The number of methoxy groups -OCH3 is 1. The Bertz CT molecular complexity index is 805. The predicted molar refractivity (Wildman–Crippen MR) is 119 cm³/mol. The fourth-order valence-electron chi connectivity index (χ4n) is 7.12. The molecule has 0 bridgehead atoms. The predicted octanol–water partition coefficient (Wildman–Crippen LogP) is 4.19. The van der Waals surface area contributed by atoms with Crippen molar-refractivity contribution in [1.29, 1.82) is 0 Å². The monoisotopic (exact) mass is 427 g/mol. The Morgan fingerprint density at radius 2 is 2.03 bits per heavy atom. The van der Waals surface area contributed by atoms with Gasteiger partial charge in [0.1, 0.15) is 11.9 Å². The number of aryl methyl sites for hydroxylation is 1. The van der Waals surface area contributed by atoms with Crippen LogP contribution in [0.15, 0.2) is 18.2 Å². The first-order valence-electron chi connectivity index (χ1n) is 12.2. The maximum atomic E-state index is 12.7. The number of carbonyl (C=O) groups is 1. The van der Waals surface area contributed by atoms with E-state index in [0.717, 1.165) is 63.8 Å². The summed E-state index contributed by atoms with van der Waals surface area (Å²) in [5.41, 5.74) is 3.16. The van der Waals surface area contributed by atoms with Gasteiger partial charge < -0.3 is 14.2 Å². The summed E-state index contributed by atoms with van der Waals surface area (Å²) in [6, 6.07) is 6.68. The number of morpholine rings is 1. The van der Waals surface area contributed by atoms with E-state index in [1.807, 2.05) is 0 Å². The number of fused-ring (bicyclic) bond motifs is 5. The number of carbonyl (C=O) groups excluding carboxylic acids is 1. The number of benzene rings is 1. The van der Waals surface area contributed by atoms with Gasteiger partial charge in [-0.1, -0.05) is 13.0 Å². The number of ether oxygens (including phenoxy) is 3. The lowest BCUT2D eigenvalue weighted by Gasteiger charge is -2.50. The van der Waals surface area contributed by atoms with E-state index in [9.17, 15) is 4.79 Å². The van der Waals surface area contributed by atoms with E-state index in [2.05, 4.69) is 30.0 Å². The van der Waals surface area contributed by atoms with Gasteiger partial charge in [0.2, 0.25) is 0 Å². The fraction of sp³-hybridized carbons (Fsp3) is 0.731. The smallest absolute Gasteiger partial charge is 0.307 e. The van der Waals surface area contributed by atoms with E-state index in [-0.39, 0.29) is 17.5 Å². The maximum Gasteiger partial charge on any atom is 0.307 e. The Labute approximate surface area is 186 Å². The van der Waals surface area contributed by atoms with E-state index in [0.29, 0.717) is 18.3 Å². The minimum absolute atomic E-state index is 0.0124. The maximum absolute atomic E-state index is 12.7. The molecule has 1 aliphatic heterocycles. The first-order chi connectivity index (χ1) is 15.1. The third-order valence-corrected chi connectivity index (χ3v) is 8.86. The molecule has 2 saturated carbocycles. The number of nitrogens with zero attached hydrogens (tertiary/aromatic N) is 1. The third-order valence-electron chi connectivity index (χ3n) is 8.86. The molecule has 0 unspecified atom stereocenters. The molecule has 1 heterocycles. The number of hydrogen-bond acceptors (Lipinski definition) is 5. The highest BCUT2D eigenvalue weighted by Crippen LogP contribution is 2.61. The van der Waals surface area contributed by atoms with Gasteiger partial charge >= 0.3 is 5.97 Å². The summed E-state index contributed by atoms with van der Waals surface area (Å²) in [4.78, 5) is 15.0. The first kappa shape index (κ1) is 21.3. The molecule has 1 aromatic rings. The van der Waals surface area contributed by atoms with Gasteiger partial charge in [-0.25, -0.2) is 0 Å². The average Bonchev–Trinajstić information content (AvgIpc) is 3.13. The molecule has 5 heteroatoms. The molecule has 5 rings (SSSR count). The Kier molecular flexibility index (Phi) is 6.00. The molecule has 0 radical (unpaired) electrons. The zero-order valence-electron chi connectivity index (χ0n) is 19.1. The van der Waals surface area contributed by atoms with E-state index >= 15 is 0 Å². The van der Waals surface area contributed by atoms with Crippen molar-refractivity contribution in [3.63, 3.8) is 0 Å². The van der Waals surface area contributed by atoms with Gasteiger partial charge in [-0.2, -0.15) is 0 Å². The molecule has 0 aromatic heterocycles. The van der Waals surface area contributed by atoms with Gasteiger partial charge in [0, 0.05) is 25.0 Å². The summed E-state index contributed by atoms with van der Waals surface area (Å²) in [5.74, 6) is 3.00. The summed E-state index contributed by atoms with van der Waals surface area (Å²) >= 11 is 0. The van der Waals surface area contributed by atoms with Crippen molar-refractivity contribution in [2.75, 3.05) is 40.0 Å². The zero-order valence-corrected chi connectivity index (χ0v) is 19.1. The van der Waals surface area contributed by atoms with Crippen molar-refractivity contribution < 1.29 is 19.0 Å². The molecule has 1 aromatic carbocycles. The molecule has 5 nitrogen and oxygen atoms in total. The number of esters is 1.